The summed E-state index contributed by atoms with van der Waals surface area (Å²) in [5, 5.41) is 3.58. The highest BCUT2D eigenvalue weighted by Gasteiger charge is 2.32. The van der Waals surface area contributed by atoms with Gasteiger partial charge >= 0.3 is 0 Å². The second-order valence-electron chi connectivity index (χ2n) is 5.57. The molecule has 0 bridgehead atoms. The first-order chi connectivity index (χ1) is 7.08. The van der Waals surface area contributed by atoms with E-state index in [1.54, 1.807) is 6.08 Å². The number of nitrogens with one attached hydrogen (secondary N) is 1. The molecular formula is C13H21NO. The lowest BCUT2D eigenvalue weighted by Crippen LogP contribution is -2.43. The normalized spacial score (nSPS) is 30.1. The van der Waals surface area contributed by atoms with Gasteiger partial charge < -0.3 is 5.32 Å². The molecule has 0 aromatic carbocycles. The third-order valence-corrected chi connectivity index (χ3v) is 3.84. The van der Waals surface area contributed by atoms with Gasteiger partial charge in [0.25, 0.3) is 0 Å². The minimum Gasteiger partial charge on any atom is -0.385 e. The predicted molar refractivity (Wildman–Crippen MR) is 61.5 cm³/mol. The minimum absolute atomic E-state index is 0.283. The molecule has 0 aromatic heterocycles. The zero-order chi connectivity index (χ0) is 10.9. The molecule has 0 aliphatic heterocycles. The van der Waals surface area contributed by atoms with Crippen molar-refractivity contribution in [3.8, 4) is 0 Å². The second-order valence-corrected chi connectivity index (χ2v) is 5.57. The first-order valence-electron chi connectivity index (χ1n) is 6.08. The molecule has 2 aliphatic carbocycles. The standard InChI is InChI=1S/C13H21NO/c1-13(2)8-4-3-5-12(13)14-10-6-7-11(15)9-10/h9,12,14H,3-8H2,1-2H3. The molecular weight excluding hydrogens is 186 g/mol. The van der Waals surface area contributed by atoms with Gasteiger partial charge in [-0.3, -0.25) is 4.79 Å². The summed E-state index contributed by atoms with van der Waals surface area (Å²) in [5.41, 5.74) is 1.55. The van der Waals surface area contributed by atoms with Crippen LogP contribution in [0.2, 0.25) is 0 Å². The van der Waals surface area contributed by atoms with Gasteiger partial charge in [0.15, 0.2) is 5.78 Å². The van der Waals surface area contributed by atoms with Crippen molar-refractivity contribution in [3.63, 3.8) is 0 Å². The van der Waals surface area contributed by atoms with E-state index in [0.29, 0.717) is 17.9 Å². The Kier molecular flexibility index (Phi) is 2.85. The molecule has 2 nitrogen and oxygen atoms in total. The summed E-state index contributed by atoms with van der Waals surface area (Å²) in [5.74, 6) is 0.283. The van der Waals surface area contributed by atoms with E-state index in [-0.39, 0.29) is 5.78 Å². The fourth-order valence-corrected chi connectivity index (χ4v) is 2.70. The SMILES string of the molecule is CC1(C)CCCCC1NC1=CC(=O)CC1. The predicted octanol–water partition coefficient (Wildman–Crippen LogP) is 2.79. The van der Waals surface area contributed by atoms with Crippen molar-refractivity contribution in [1.82, 2.24) is 5.32 Å². The zero-order valence-electron chi connectivity index (χ0n) is 9.81. The van der Waals surface area contributed by atoms with Gasteiger partial charge in [0, 0.05) is 24.2 Å². The number of rotatable bonds is 2. The van der Waals surface area contributed by atoms with Crippen LogP contribution in [0, 0.1) is 5.41 Å². The molecule has 15 heavy (non-hydrogen) atoms. The molecule has 0 saturated heterocycles. The third kappa shape index (κ3) is 2.42. The van der Waals surface area contributed by atoms with Gasteiger partial charge in [-0.05, 0) is 24.7 Å². The van der Waals surface area contributed by atoms with Gasteiger partial charge in [0.05, 0.1) is 0 Å². The van der Waals surface area contributed by atoms with Crippen LogP contribution in [0.4, 0.5) is 0 Å². The van der Waals surface area contributed by atoms with Gasteiger partial charge in [-0.25, -0.2) is 0 Å². The summed E-state index contributed by atoms with van der Waals surface area (Å²) >= 11 is 0. The van der Waals surface area contributed by atoms with Crippen molar-refractivity contribution in [2.24, 2.45) is 5.41 Å². The highest BCUT2D eigenvalue weighted by Crippen LogP contribution is 2.36. The van der Waals surface area contributed by atoms with Crippen molar-refractivity contribution in [1.29, 1.82) is 0 Å². The van der Waals surface area contributed by atoms with E-state index < -0.39 is 0 Å². The second kappa shape index (κ2) is 3.99. The highest BCUT2D eigenvalue weighted by molar-refractivity contribution is 5.92. The van der Waals surface area contributed by atoms with Crippen molar-refractivity contribution >= 4 is 5.78 Å². The van der Waals surface area contributed by atoms with Gasteiger partial charge in [-0.2, -0.15) is 0 Å². The van der Waals surface area contributed by atoms with E-state index in [4.69, 9.17) is 0 Å². The lowest BCUT2D eigenvalue weighted by atomic mass is 9.73. The molecule has 0 heterocycles. The molecule has 2 aliphatic rings. The molecule has 84 valence electrons. The molecule has 1 unspecified atom stereocenters. The Morgan fingerprint density at radius 2 is 2.13 bits per heavy atom. The van der Waals surface area contributed by atoms with Crippen LogP contribution in [0.15, 0.2) is 11.8 Å². The van der Waals surface area contributed by atoms with Crippen molar-refractivity contribution in [3.05, 3.63) is 11.8 Å². The molecule has 2 heteroatoms. The largest absolute Gasteiger partial charge is 0.385 e. The molecule has 0 radical (unpaired) electrons. The Morgan fingerprint density at radius 3 is 2.73 bits per heavy atom. The quantitative estimate of drug-likeness (QED) is 0.754. The van der Waals surface area contributed by atoms with Crippen LogP contribution in [-0.2, 0) is 4.79 Å². The van der Waals surface area contributed by atoms with Gasteiger partial charge in [0.2, 0.25) is 0 Å². The number of carbonyl (C=O) groups excluding carboxylic acids is 1. The fourth-order valence-electron chi connectivity index (χ4n) is 2.70. The Labute approximate surface area is 92.1 Å². The molecule has 0 spiro atoms. The summed E-state index contributed by atoms with van der Waals surface area (Å²) in [6, 6.07) is 0.559. The smallest absolute Gasteiger partial charge is 0.157 e. The maximum atomic E-state index is 11.1. The minimum atomic E-state index is 0.283. The van der Waals surface area contributed by atoms with Crippen LogP contribution in [0.1, 0.15) is 52.4 Å². The summed E-state index contributed by atoms with van der Waals surface area (Å²) < 4.78 is 0. The van der Waals surface area contributed by atoms with Crippen LogP contribution in [-0.4, -0.2) is 11.8 Å². The third-order valence-electron chi connectivity index (χ3n) is 3.84. The van der Waals surface area contributed by atoms with E-state index >= 15 is 0 Å². The van der Waals surface area contributed by atoms with Gasteiger partial charge in [-0.1, -0.05) is 26.7 Å². The number of carbonyl (C=O) groups is 1. The molecule has 0 aromatic rings. The van der Waals surface area contributed by atoms with Crippen molar-refractivity contribution in [2.45, 2.75) is 58.4 Å². The molecule has 1 fully saturated rings. The van der Waals surface area contributed by atoms with E-state index in [1.807, 2.05) is 0 Å². The average Bonchev–Trinajstić information content (AvgIpc) is 2.55. The maximum absolute atomic E-state index is 11.1. The summed E-state index contributed by atoms with van der Waals surface area (Å²) in [7, 11) is 0. The summed E-state index contributed by atoms with van der Waals surface area (Å²) in [6.07, 6.45) is 8.64. The first kappa shape index (κ1) is 10.7. The number of hydrogen-bond acceptors (Lipinski definition) is 2. The zero-order valence-corrected chi connectivity index (χ0v) is 9.81. The average molecular weight is 207 g/mol. The van der Waals surface area contributed by atoms with Gasteiger partial charge in [0.1, 0.15) is 0 Å². The maximum Gasteiger partial charge on any atom is 0.157 e. The Hall–Kier alpha value is -0.790. The number of hydrogen-bond donors (Lipinski definition) is 1. The van der Waals surface area contributed by atoms with Crippen LogP contribution < -0.4 is 5.32 Å². The van der Waals surface area contributed by atoms with Crippen LogP contribution in [0.5, 0.6) is 0 Å². The van der Waals surface area contributed by atoms with Crippen LogP contribution in [0.3, 0.4) is 0 Å². The fraction of sp³-hybridized carbons (Fsp3) is 0.769. The van der Waals surface area contributed by atoms with E-state index in [9.17, 15) is 4.79 Å². The van der Waals surface area contributed by atoms with E-state index in [1.165, 1.54) is 31.4 Å². The van der Waals surface area contributed by atoms with E-state index in [2.05, 4.69) is 19.2 Å². The first-order valence-corrected chi connectivity index (χ1v) is 6.08. The Morgan fingerprint density at radius 1 is 1.33 bits per heavy atom. The highest BCUT2D eigenvalue weighted by atomic mass is 16.1. The summed E-state index contributed by atoms with van der Waals surface area (Å²) in [6.45, 7) is 4.67. The summed E-state index contributed by atoms with van der Waals surface area (Å²) in [4.78, 5) is 11.1. The molecule has 2 rings (SSSR count). The van der Waals surface area contributed by atoms with Crippen molar-refractivity contribution in [2.75, 3.05) is 0 Å². The Balaban J connectivity index is 1.98. The monoisotopic (exact) mass is 207 g/mol. The van der Waals surface area contributed by atoms with Crippen molar-refractivity contribution < 1.29 is 4.79 Å². The van der Waals surface area contributed by atoms with Crippen LogP contribution >= 0.6 is 0 Å². The molecule has 1 saturated carbocycles. The topological polar surface area (TPSA) is 29.1 Å². The lowest BCUT2D eigenvalue weighted by Gasteiger charge is -2.40. The lowest BCUT2D eigenvalue weighted by molar-refractivity contribution is -0.114. The molecule has 1 atom stereocenters. The number of allylic oxidation sites excluding steroid dienone is 2. The Bertz CT molecular complexity index is 291. The van der Waals surface area contributed by atoms with E-state index in [0.717, 1.165) is 6.42 Å². The van der Waals surface area contributed by atoms with Crippen LogP contribution in [0.25, 0.3) is 0 Å². The molecule has 0 amide bonds. The number of ketones is 1. The molecule has 1 N–H and O–H groups in total. The van der Waals surface area contributed by atoms with Gasteiger partial charge in [-0.15, -0.1) is 0 Å².